The molecule has 1 atom stereocenters. The molecule has 0 saturated carbocycles. The van der Waals surface area contributed by atoms with Crippen molar-refractivity contribution in [1.29, 1.82) is 0 Å². The van der Waals surface area contributed by atoms with Crippen LogP contribution in [0.4, 0.5) is 0 Å². The molecule has 0 spiro atoms. The van der Waals surface area contributed by atoms with E-state index in [0.29, 0.717) is 6.42 Å². The first-order chi connectivity index (χ1) is 8.58. The van der Waals surface area contributed by atoms with E-state index >= 15 is 0 Å². The van der Waals surface area contributed by atoms with Crippen LogP contribution < -0.4 is 0 Å². The second kappa shape index (κ2) is 5.04. The normalized spacial score (nSPS) is 12.3. The van der Waals surface area contributed by atoms with E-state index in [2.05, 4.69) is 5.10 Å². The van der Waals surface area contributed by atoms with Crippen molar-refractivity contribution in [2.45, 2.75) is 20.3 Å². The average molecular weight is 244 g/mol. The smallest absolute Gasteiger partial charge is 0.306 e. The lowest BCUT2D eigenvalue weighted by Gasteiger charge is -2.11. The number of benzene rings is 1. The van der Waals surface area contributed by atoms with E-state index in [9.17, 15) is 4.79 Å². The second-order valence-electron chi connectivity index (χ2n) is 4.53. The highest BCUT2D eigenvalue weighted by molar-refractivity contribution is 5.70. The lowest BCUT2D eigenvalue weighted by molar-refractivity contribution is -0.141. The Kier molecular flexibility index (Phi) is 3.46. The summed E-state index contributed by atoms with van der Waals surface area (Å²) in [4.78, 5) is 10.9. The lowest BCUT2D eigenvalue weighted by Crippen LogP contribution is -2.13. The van der Waals surface area contributed by atoms with Crippen LogP contribution in [0.3, 0.4) is 0 Å². The van der Waals surface area contributed by atoms with Gasteiger partial charge in [-0.05, 0) is 30.5 Å². The number of carboxylic acid groups (broad SMARTS) is 1. The van der Waals surface area contributed by atoms with Crippen molar-refractivity contribution in [2.24, 2.45) is 5.92 Å². The van der Waals surface area contributed by atoms with Crippen LogP contribution >= 0.6 is 0 Å². The monoisotopic (exact) mass is 244 g/mol. The Balaban J connectivity index is 2.34. The summed E-state index contributed by atoms with van der Waals surface area (Å²) in [6.07, 6.45) is 4.23. The first-order valence-corrected chi connectivity index (χ1v) is 5.90. The molecule has 2 aromatic rings. The molecule has 0 aliphatic heterocycles. The maximum atomic E-state index is 10.9. The molecule has 0 amide bonds. The van der Waals surface area contributed by atoms with E-state index in [1.54, 1.807) is 17.8 Å². The van der Waals surface area contributed by atoms with Gasteiger partial charge in [0.25, 0.3) is 0 Å². The van der Waals surface area contributed by atoms with E-state index in [0.717, 1.165) is 16.8 Å². The number of carbonyl (C=O) groups is 1. The molecule has 1 aromatic carbocycles. The third kappa shape index (κ3) is 2.59. The third-order valence-electron chi connectivity index (χ3n) is 2.90. The zero-order valence-corrected chi connectivity index (χ0v) is 10.5. The van der Waals surface area contributed by atoms with E-state index in [1.807, 2.05) is 37.4 Å². The average Bonchev–Trinajstić information content (AvgIpc) is 2.76. The Bertz CT molecular complexity index is 560. The van der Waals surface area contributed by atoms with Gasteiger partial charge in [-0.3, -0.25) is 4.79 Å². The van der Waals surface area contributed by atoms with Crippen molar-refractivity contribution < 1.29 is 9.90 Å². The molecule has 4 heteroatoms. The molecule has 0 bridgehead atoms. The van der Waals surface area contributed by atoms with Crippen molar-refractivity contribution in [3.8, 4) is 5.69 Å². The molecule has 0 aliphatic carbocycles. The van der Waals surface area contributed by atoms with E-state index in [1.165, 1.54) is 0 Å². The molecule has 1 N–H and O–H groups in total. The topological polar surface area (TPSA) is 55.1 Å². The summed E-state index contributed by atoms with van der Waals surface area (Å²) >= 11 is 0. The van der Waals surface area contributed by atoms with Crippen molar-refractivity contribution in [3.05, 3.63) is 47.8 Å². The Morgan fingerprint density at radius 1 is 1.44 bits per heavy atom. The first-order valence-electron chi connectivity index (χ1n) is 5.90. The van der Waals surface area contributed by atoms with Crippen LogP contribution in [0.2, 0.25) is 0 Å². The van der Waals surface area contributed by atoms with Crippen molar-refractivity contribution in [2.75, 3.05) is 0 Å². The SMILES string of the molecule is Cc1cnn(-c2ccccc2CC(C)C(=O)O)c1. The summed E-state index contributed by atoms with van der Waals surface area (Å²) in [5.74, 6) is -1.18. The number of hydrogen-bond donors (Lipinski definition) is 1. The van der Waals surface area contributed by atoms with Gasteiger partial charge < -0.3 is 5.11 Å². The van der Waals surface area contributed by atoms with E-state index < -0.39 is 11.9 Å². The standard InChI is InChI=1S/C14H16N2O2/c1-10-8-15-16(9-10)13-6-4-3-5-12(13)7-11(2)14(17)18/h3-6,8-9,11H,7H2,1-2H3,(H,17,18). The van der Waals surface area contributed by atoms with Crippen LogP contribution in [0.25, 0.3) is 5.69 Å². The van der Waals surface area contributed by atoms with Crippen LogP contribution in [0.1, 0.15) is 18.1 Å². The second-order valence-corrected chi connectivity index (χ2v) is 4.53. The number of hydrogen-bond acceptors (Lipinski definition) is 2. The first kappa shape index (κ1) is 12.4. The minimum Gasteiger partial charge on any atom is -0.481 e. The van der Waals surface area contributed by atoms with E-state index in [4.69, 9.17) is 5.11 Å². The molecular weight excluding hydrogens is 228 g/mol. The molecule has 1 aromatic heterocycles. The van der Waals surface area contributed by atoms with Gasteiger partial charge in [0.05, 0.1) is 17.8 Å². The minimum absolute atomic E-state index is 0.400. The fourth-order valence-corrected chi connectivity index (χ4v) is 1.87. The number of carboxylic acids is 1. The van der Waals surface area contributed by atoms with Crippen LogP contribution in [0.5, 0.6) is 0 Å². The molecule has 2 rings (SSSR count). The molecule has 0 radical (unpaired) electrons. The predicted molar refractivity (Wildman–Crippen MR) is 68.8 cm³/mol. The van der Waals surface area contributed by atoms with Crippen LogP contribution in [0.15, 0.2) is 36.7 Å². The van der Waals surface area contributed by atoms with Crippen molar-refractivity contribution in [3.63, 3.8) is 0 Å². The Labute approximate surface area is 106 Å². The van der Waals surface area contributed by atoms with Gasteiger partial charge in [0.1, 0.15) is 0 Å². The van der Waals surface area contributed by atoms with Crippen LogP contribution in [-0.2, 0) is 11.2 Å². The molecule has 0 saturated heterocycles. The van der Waals surface area contributed by atoms with Gasteiger partial charge in [0.15, 0.2) is 0 Å². The van der Waals surface area contributed by atoms with Crippen molar-refractivity contribution >= 4 is 5.97 Å². The Morgan fingerprint density at radius 2 is 2.17 bits per heavy atom. The van der Waals surface area contributed by atoms with Gasteiger partial charge in [-0.1, -0.05) is 25.1 Å². The molecule has 4 nitrogen and oxygen atoms in total. The van der Waals surface area contributed by atoms with Gasteiger partial charge >= 0.3 is 5.97 Å². The molecule has 94 valence electrons. The van der Waals surface area contributed by atoms with E-state index in [-0.39, 0.29) is 0 Å². The minimum atomic E-state index is -0.776. The fourth-order valence-electron chi connectivity index (χ4n) is 1.87. The number of nitrogens with zero attached hydrogens (tertiary/aromatic N) is 2. The van der Waals surface area contributed by atoms with Crippen molar-refractivity contribution in [1.82, 2.24) is 9.78 Å². The molecule has 1 heterocycles. The van der Waals surface area contributed by atoms with Gasteiger partial charge in [-0.15, -0.1) is 0 Å². The number of rotatable bonds is 4. The fraction of sp³-hybridized carbons (Fsp3) is 0.286. The Hall–Kier alpha value is -2.10. The van der Waals surface area contributed by atoms with Gasteiger partial charge in [0.2, 0.25) is 0 Å². The largest absolute Gasteiger partial charge is 0.481 e. The Morgan fingerprint density at radius 3 is 2.78 bits per heavy atom. The van der Waals surface area contributed by atoms with Gasteiger partial charge in [0, 0.05) is 6.20 Å². The maximum absolute atomic E-state index is 10.9. The quantitative estimate of drug-likeness (QED) is 0.898. The third-order valence-corrected chi connectivity index (χ3v) is 2.90. The molecule has 1 unspecified atom stereocenters. The highest BCUT2D eigenvalue weighted by Crippen LogP contribution is 2.18. The van der Waals surface area contributed by atoms with Crippen LogP contribution in [0, 0.1) is 12.8 Å². The summed E-state index contributed by atoms with van der Waals surface area (Å²) in [6, 6.07) is 7.76. The molecule has 18 heavy (non-hydrogen) atoms. The summed E-state index contributed by atoms with van der Waals surface area (Å²) in [6.45, 7) is 3.69. The highest BCUT2D eigenvalue weighted by Gasteiger charge is 2.14. The zero-order chi connectivity index (χ0) is 13.1. The maximum Gasteiger partial charge on any atom is 0.306 e. The number of aromatic nitrogens is 2. The zero-order valence-electron chi connectivity index (χ0n) is 10.5. The molecule has 0 fully saturated rings. The summed E-state index contributed by atoms with van der Waals surface area (Å²) in [7, 11) is 0. The molecular formula is C14H16N2O2. The highest BCUT2D eigenvalue weighted by atomic mass is 16.4. The summed E-state index contributed by atoms with van der Waals surface area (Å²) in [5, 5.41) is 13.3. The number of aliphatic carboxylic acids is 1. The van der Waals surface area contributed by atoms with Gasteiger partial charge in [-0.2, -0.15) is 5.10 Å². The summed E-state index contributed by atoms with van der Waals surface area (Å²) < 4.78 is 1.79. The summed E-state index contributed by atoms with van der Waals surface area (Å²) in [5.41, 5.74) is 3.02. The lowest BCUT2D eigenvalue weighted by atomic mass is 10.00. The number of para-hydroxylation sites is 1. The van der Waals surface area contributed by atoms with Crippen LogP contribution in [-0.4, -0.2) is 20.9 Å². The number of aryl methyl sites for hydroxylation is 1. The van der Waals surface area contributed by atoms with Gasteiger partial charge in [-0.25, -0.2) is 4.68 Å². The predicted octanol–water partition coefficient (Wildman–Crippen LogP) is 2.44. The molecule has 0 aliphatic rings.